The average Bonchev–Trinajstić information content (AvgIpc) is 3.15. The van der Waals surface area contributed by atoms with Gasteiger partial charge in [-0.25, -0.2) is 4.98 Å². The molecule has 1 aromatic heterocycles. The molecule has 1 aromatic rings. The van der Waals surface area contributed by atoms with Gasteiger partial charge in [0.25, 0.3) is 5.91 Å². The summed E-state index contributed by atoms with van der Waals surface area (Å²) in [5.74, 6) is 2.01. The number of amides is 1. The number of carbonyl (C=O) groups excluding carboxylic acids is 1. The van der Waals surface area contributed by atoms with Gasteiger partial charge in [-0.15, -0.1) is 5.10 Å². The zero-order valence-electron chi connectivity index (χ0n) is 10.4. The van der Waals surface area contributed by atoms with Crippen LogP contribution in [-0.4, -0.2) is 40.7 Å². The maximum atomic E-state index is 11.9. The summed E-state index contributed by atoms with van der Waals surface area (Å²) in [6.07, 6.45) is 4.68. The minimum Gasteiger partial charge on any atom is -0.349 e. The van der Waals surface area contributed by atoms with E-state index >= 15 is 0 Å². The first-order chi connectivity index (χ1) is 8.83. The molecule has 2 aliphatic rings. The van der Waals surface area contributed by atoms with Gasteiger partial charge in [-0.05, 0) is 44.7 Å². The fourth-order valence-corrected chi connectivity index (χ4v) is 2.33. The summed E-state index contributed by atoms with van der Waals surface area (Å²) in [5, 5.41) is 13.1. The highest BCUT2D eigenvalue weighted by Gasteiger charge is 2.28. The molecule has 2 heterocycles. The standard InChI is InChI=1S/C12H19N5O/c18-12(14-7-8-2-1-5-13-6-8)11-15-10(16-17-11)9-3-4-9/h8-9,13H,1-7H2,(H,14,18)(H,15,16,17). The highest BCUT2D eigenvalue weighted by Crippen LogP contribution is 2.37. The number of aromatic amines is 1. The summed E-state index contributed by atoms with van der Waals surface area (Å²) in [5.41, 5.74) is 0. The van der Waals surface area contributed by atoms with E-state index in [-0.39, 0.29) is 11.7 Å². The van der Waals surface area contributed by atoms with Crippen LogP contribution in [-0.2, 0) is 0 Å². The van der Waals surface area contributed by atoms with Gasteiger partial charge in [0.2, 0.25) is 5.82 Å². The van der Waals surface area contributed by atoms with Gasteiger partial charge >= 0.3 is 0 Å². The van der Waals surface area contributed by atoms with Crippen molar-refractivity contribution in [2.24, 2.45) is 5.92 Å². The summed E-state index contributed by atoms with van der Waals surface area (Å²) in [7, 11) is 0. The normalized spacial score (nSPS) is 23.9. The summed E-state index contributed by atoms with van der Waals surface area (Å²) in [6, 6.07) is 0. The molecule has 3 N–H and O–H groups in total. The lowest BCUT2D eigenvalue weighted by Gasteiger charge is -2.22. The highest BCUT2D eigenvalue weighted by molar-refractivity contribution is 5.90. The fraction of sp³-hybridized carbons (Fsp3) is 0.750. The van der Waals surface area contributed by atoms with Crippen LogP contribution in [0.5, 0.6) is 0 Å². The summed E-state index contributed by atoms with van der Waals surface area (Å²) in [6.45, 7) is 2.79. The Morgan fingerprint density at radius 2 is 2.28 bits per heavy atom. The fourth-order valence-electron chi connectivity index (χ4n) is 2.33. The topological polar surface area (TPSA) is 82.7 Å². The van der Waals surface area contributed by atoms with E-state index in [0.717, 1.165) is 31.8 Å². The lowest BCUT2D eigenvalue weighted by molar-refractivity contribution is 0.0934. The molecule has 1 aliphatic carbocycles. The lowest BCUT2D eigenvalue weighted by Crippen LogP contribution is -2.38. The van der Waals surface area contributed by atoms with Crippen molar-refractivity contribution in [3.05, 3.63) is 11.6 Å². The van der Waals surface area contributed by atoms with Crippen molar-refractivity contribution in [1.82, 2.24) is 25.8 Å². The van der Waals surface area contributed by atoms with Gasteiger partial charge in [-0.1, -0.05) is 0 Å². The van der Waals surface area contributed by atoms with Crippen LogP contribution >= 0.6 is 0 Å². The van der Waals surface area contributed by atoms with Crippen LogP contribution in [0.4, 0.5) is 0 Å². The molecule has 0 radical (unpaired) electrons. The number of nitrogens with one attached hydrogen (secondary N) is 3. The molecular weight excluding hydrogens is 230 g/mol. The van der Waals surface area contributed by atoms with Crippen LogP contribution in [0.2, 0.25) is 0 Å². The van der Waals surface area contributed by atoms with Gasteiger partial charge in [0.05, 0.1) is 0 Å². The summed E-state index contributed by atoms with van der Waals surface area (Å²) in [4.78, 5) is 16.1. The maximum Gasteiger partial charge on any atom is 0.290 e. The molecule has 2 fully saturated rings. The smallest absolute Gasteiger partial charge is 0.290 e. The Hall–Kier alpha value is -1.43. The van der Waals surface area contributed by atoms with E-state index in [0.29, 0.717) is 18.4 Å². The number of piperidine rings is 1. The van der Waals surface area contributed by atoms with Crippen molar-refractivity contribution >= 4 is 5.91 Å². The zero-order valence-corrected chi connectivity index (χ0v) is 10.4. The molecule has 0 bridgehead atoms. The molecular formula is C12H19N5O. The number of H-pyrrole nitrogens is 1. The molecule has 98 valence electrons. The number of rotatable bonds is 4. The van der Waals surface area contributed by atoms with Gasteiger partial charge < -0.3 is 10.6 Å². The van der Waals surface area contributed by atoms with E-state index < -0.39 is 0 Å². The van der Waals surface area contributed by atoms with Gasteiger partial charge in [-0.3, -0.25) is 9.89 Å². The SMILES string of the molecule is O=C(NCC1CCCNC1)c1n[nH]c(C2CC2)n1. The quantitative estimate of drug-likeness (QED) is 0.722. The number of aromatic nitrogens is 3. The Morgan fingerprint density at radius 1 is 1.39 bits per heavy atom. The third-order valence-electron chi connectivity index (χ3n) is 3.62. The summed E-state index contributed by atoms with van der Waals surface area (Å²) < 4.78 is 0. The molecule has 1 unspecified atom stereocenters. The molecule has 0 spiro atoms. The predicted octanol–water partition coefficient (Wildman–Crippen LogP) is 0.411. The van der Waals surface area contributed by atoms with Crippen LogP contribution in [0.1, 0.15) is 48.0 Å². The first kappa shape index (κ1) is 11.6. The predicted molar refractivity (Wildman–Crippen MR) is 66.3 cm³/mol. The van der Waals surface area contributed by atoms with Crippen molar-refractivity contribution in [1.29, 1.82) is 0 Å². The van der Waals surface area contributed by atoms with Crippen LogP contribution in [0.25, 0.3) is 0 Å². The first-order valence-electron chi connectivity index (χ1n) is 6.74. The van der Waals surface area contributed by atoms with E-state index in [1.807, 2.05) is 0 Å². The Bertz CT molecular complexity index is 420. The Kier molecular flexibility index (Phi) is 3.27. The molecule has 1 amide bonds. The minimum atomic E-state index is -0.163. The van der Waals surface area contributed by atoms with Gasteiger partial charge in [0.1, 0.15) is 5.82 Å². The van der Waals surface area contributed by atoms with Crippen LogP contribution in [0, 0.1) is 5.92 Å². The summed E-state index contributed by atoms with van der Waals surface area (Å²) >= 11 is 0. The third kappa shape index (κ3) is 2.69. The van der Waals surface area contributed by atoms with Crippen molar-refractivity contribution in [2.75, 3.05) is 19.6 Å². The van der Waals surface area contributed by atoms with Crippen molar-refractivity contribution in [2.45, 2.75) is 31.6 Å². The Morgan fingerprint density at radius 3 is 3.00 bits per heavy atom. The average molecular weight is 249 g/mol. The van der Waals surface area contributed by atoms with Crippen LogP contribution < -0.4 is 10.6 Å². The number of carbonyl (C=O) groups is 1. The van der Waals surface area contributed by atoms with Crippen LogP contribution in [0.3, 0.4) is 0 Å². The highest BCUT2D eigenvalue weighted by atomic mass is 16.2. The molecule has 6 heteroatoms. The van der Waals surface area contributed by atoms with Gasteiger partial charge in [-0.2, -0.15) is 0 Å². The largest absolute Gasteiger partial charge is 0.349 e. The molecule has 3 rings (SSSR count). The zero-order chi connectivity index (χ0) is 12.4. The number of nitrogens with zero attached hydrogens (tertiary/aromatic N) is 2. The van der Waals surface area contributed by atoms with E-state index in [1.54, 1.807) is 0 Å². The Labute approximate surface area is 106 Å². The van der Waals surface area contributed by atoms with E-state index in [2.05, 4.69) is 25.8 Å². The molecule has 1 saturated heterocycles. The molecule has 6 nitrogen and oxygen atoms in total. The van der Waals surface area contributed by atoms with E-state index in [1.165, 1.54) is 12.8 Å². The van der Waals surface area contributed by atoms with Crippen molar-refractivity contribution in [3.63, 3.8) is 0 Å². The monoisotopic (exact) mass is 249 g/mol. The van der Waals surface area contributed by atoms with E-state index in [4.69, 9.17) is 0 Å². The number of hydrogen-bond acceptors (Lipinski definition) is 4. The Balaban J connectivity index is 1.50. The molecule has 0 aromatic carbocycles. The number of hydrogen-bond donors (Lipinski definition) is 3. The minimum absolute atomic E-state index is 0.163. The van der Waals surface area contributed by atoms with Crippen molar-refractivity contribution < 1.29 is 4.79 Å². The lowest BCUT2D eigenvalue weighted by atomic mass is 10.00. The van der Waals surface area contributed by atoms with Crippen LogP contribution in [0.15, 0.2) is 0 Å². The van der Waals surface area contributed by atoms with Gasteiger partial charge in [0.15, 0.2) is 0 Å². The molecule has 1 saturated carbocycles. The maximum absolute atomic E-state index is 11.9. The first-order valence-corrected chi connectivity index (χ1v) is 6.74. The van der Waals surface area contributed by atoms with Gasteiger partial charge in [0, 0.05) is 12.5 Å². The third-order valence-corrected chi connectivity index (χ3v) is 3.62. The van der Waals surface area contributed by atoms with E-state index in [9.17, 15) is 4.79 Å². The molecule has 18 heavy (non-hydrogen) atoms. The second-order valence-corrected chi connectivity index (χ2v) is 5.24. The molecule has 1 atom stereocenters. The molecule has 1 aliphatic heterocycles. The second-order valence-electron chi connectivity index (χ2n) is 5.24. The second kappa shape index (κ2) is 5.06. The van der Waals surface area contributed by atoms with Crippen molar-refractivity contribution in [3.8, 4) is 0 Å².